The lowest BCUT2D eigenvalue weighted by molar-refractivity contribution is -0.117. The summed E-state index contributed by atoms with van der Waals surface area (Å²) in [6.45, 7) is 2.80. The van der Waals surface area contributed by atoms with E-state index in [1.807, 2.05) is 42.6 Å². The number of nitrogens with one attached hydrogen (secondary N) is 1. The summed E-state index contributed by atoms with van der Waals surface area (Å²) in [6.07, 6.45) is 3.62. The minimum Gasteiger partial charge on any atom is -0.348 e. The van der Waals surface area contributed by atoms with Crippen LogP contribution >= 0.6 is 0 Å². The molecular weight excluding hydrogens is 328 g/mol. The monoisotopic (exact) mass is 346 g/mol. The molecule has 0 aliphatic heterocycles. The van der Waals surface area contributed by atoms with E-state index in [1.54, 1.807) is 18.3 Å². The summed E-state index contributed by atoms with van der Waals surface area (Å²) in [7, 11) is 0. The quantitative estimate of drug-likeness (QED) is 0.617. The highest BCUT2D eigenvalue weighted by Crippen LogP contribution is 2.20. The van der Waals surface area contributed by atoms with E-state index in [1.165, 1.54) is 4.68 Å². The minimum atomic E-state index is -0.288. The predicted octanol–water partition coefficient (Wildman–Crippen LogP) is 3.01. The van der Waals surface area contributed by atoms with Crippen molar-refractivity contribution in [3.63, 3.8) is 0 Å². The van der Waals surface area contributed by atoms with Crippen molar-refractivity contribution in [3.8, 4) is 0 Å². The van der Waals surface area contributed by atoms with Crippen molar-refractivity contribution in [2.45, 2.75) is 20.0 Å². The fraction of sp³-hybridized carbons (Fsp3) is 0.150. The fourth-order valence-electron chi connectivity index (χ4n) is 3.11. The number of hydrogen-bond acceptors (Lipinski definition) is 3. The molecule has 4 aromatic rings. The van der Waals surface area contributed by atoms with Gasteiger partial charge in [0.25, 0.3) is 5.56 Å². The molecule has 1 N–H and O–H groups in total. The Labute approximate surface area is 149 Å². The van der Waals surface area contributed by atoms with Crippen LogP contribution in [0.3, 0.4) is 0 Å². The molecule has 0 saturated heterocycles. The van der Waals surface area contributed by atoms with Crippen molar-refractivity contribution in [3.05, 3.63) is 71.3 Å². The van der Waals surface area contributed by atoms with E-state index in [9.17, 15) is 9.59 Å². The van der Waals surface area contributed by atoms with Crippen molar-refractivity contribution < 1.29 is 4.79 Å². The first-order valence-corrected chi connectivity index (χ1v) is 8.49. The largest absolute Gasteiger partial charge is 0.348 e. The normalized spacial score (nSPS) is 11.1. The number of amides is 1. The van der Waals surface area contributed by atoms with Gasteiger partial charge in [-0.05, 0) is 36.6 Å². The van der Waals surface area contributed by atoms with Crippen LogP contribution in [0.5, 0.6) is 0 Å². The van der Waals surface area contributed by atoms with Gasteiger partial charge in [0.05, 0.1) is 17.1 Å². The average Bonchev–Trinajstić information content (AvgIpc) is 3.06. The van der Waals surface area contributed by atoms with Crippen LogP contribution in [0.2, 0.25) is 0 Å². The Bertz CT molecular complexity index is 1170. The maximum absolute atomic E-state index is 12.5. The number of nitrogens with zero attached hydrogens (tertiary/aromatic N) is 3. The Morgan fingerprint density at radius 3 is 2.81 bits per heavy atom. The van der Waals surface area contributed by atoms with Gasteiger partial charge in [0.15, 0.2) is 0 Å². The van der Waals surface area contributed by atoms with Gasteiger partial charge in [0.2, 0.25) is 5.91 Å². The number of anilines is 1. The van der Waals surface area contributed by atoms with Crippen molar-refractivity contribution in [2.75, 3.05) is 5.32 Å². The van der Waals surface area contributed by atoms with Gasteiger partial charge in [-0.3, -0.25) is 9.59 Å². The Balaban J connectivity index is 1.57. The summed E-state index contributed by atoms with van der Waals surface area (Å²) in [4.78, 5) is 24.8. The fourth-order valence-corrected chi connectivity index (χ4v) is 3.11. The van der Waals surface area contributed by atoms with E-state index in [0.29, 0.717) is 11.1 Å². The van der Waals surface area contributed by atoms with Crippen LogP contribution in [0.15, 0.2) is 65.7 Å². The zero-order chi connectivity index (χ0) is 18.1. The van der Waals surface area contributed by atoms with Crippen molar-refractivity contribution in [1.29, 1.82) is 0 Å². The van der Waals surface area contributed by atoms with Gasteiger partial charge in [-0.25, -0.2) is 4.68 Å². The predicted molar refractivity (Wildman–Crippen MR) is 102 cm³/mol. The van der Waals surface area contributed by atoms with Gasteiger partial charge in [0, 0.05) is 23.8 Å². The van der Waals surface area contributed by atoms with Crippen LogP contribution in [0, 0.1) is 0 Å². The first kappa shape index (κ1) is 16.1. The molecule has 0 radical (unpaired) electrons. The third-order valence-corrected chi connectivity index (χ3v) is 4.45. The van der Waals surface area contributed by atoms with Gasteiger partial charge in [-0.15, -0.1) is 0 Å². The van der Waals surface area contributed by atoms with Crippen LogP contribution in [0.25, 0.3) is 21.7 Å². The van der Waals surface area contributed by atoms with Crippen molar-refractivity contribution in [1.82, 2.24) is 14.3 Å². The lowest BCUT2D eigenvalue weighted by Gasteiger charge is -2.08. The van der Waals surface area contributed by atoms with E-state index in [2.05, 4.69) is 21.9 Å². The van der Waals surface area contributed by atoms with Gasteiger partial charge in [-0.1, -0.05) is 24.3 Å². The van der Waals surface area contributed by atoms with Gasteiger partial charge in [0.1, 0.15) is 6.54 Å². The molecule has 6 heteroatoms. The number of hydrogen-bond donors (Lipinski definition) is 1. The maximum atomic E-state index is 12.5. The topological polar surface area (TPSA) is 68.9 Å². The third kappa shape index (κ3) is 2.86. The first-order valence-electron chi connectivity index (χ1n) is 8.49. The lowest BCUT2D eigenvalue weighted by Crippen LogP contribution is -2.29. The zero-order valence-corrected chi connectivity index (χ0v) is 14.3. The van der Waals surface area contributed by atoms with E-state index >= 15 is 0 Å². The smallest absolute Gasteiger partial charge is 0.275 e. The molecule has 0 unspecified atom stereocenters. The first-order chi connectivity index (χ1) is 12.7. The Kier molecular flexibility index (Phi) is 4.01. The van der Waals surface area contributed by atoms with E-state index in [4.69, 9.17) is 0 Å². The summed E-state index contributed by atoms with van der Waals surface area (Å²) >= 11 is 0. The summed E-state index contributed by atoms with van der Waals surface area (Å²) in [5.74, 6) is -0.288. The van der Waals surface area contributed by atoms with Crippen LogP contribution in [-0.2, 0) is 17.9 Å². The molecule has 0 saturated carbocycles. The molecule has 0 fully saturated rings. The molecule has 0 aliphatic carbocycles. The van der Waals surface area contributed by atoms with E-state index in [-0.39, 0.29) is 18.0 Å². The number of carbonyl (C=O) groups excluding carboxylic acids is 1. The molecular formula is C20H18N4O2. The number of benzene rings is 2. The Morgan fingerprint density at radius 2 is 1.96 bits per heavy atom. The SMILES string of the molecule is CCn1ccc2ccc(NC(=O)Cn3ncc4ccccc4c3=O)cc21. The average molecular weight is 346 g/mol. The van der Waals surface area contributed by atoms with Gasteiger partial charge >= 0.3 is 0 Å². The summed E-state index contributed by atoms with van der Waals surface area (Å²) in [5, 5.41) is 9.38. The second-order valence-corrected chi connectivity index (χ2v) is 6.12. The maximum Gasteiger partial charge on any atom is 0.275 e. The third-order valence-electron chi connectivity index (χ3n) is 4.45. The summed E-state index contributed by atoms with van der Waals surface area (Å²) in [5.41, 5.74) is 1.49. The zero-order valence-electron chi connectivity index (χ0n) is 14.3. The molecule has 0 aliphatic rings. The lowest BCUT2D eigenvalue weighted by atomic mass is 10.2. The van der Waals surface area contributed by atoms with Gasteiger partial charge in [-0.2, -0.15) is 5.10 Å². The molecule has 0 bridgehead atoms. The standard InChI is InChI=1S/C20H18N4O2/c1-2-23-10-9-14-7-8-16(11-18(14)23)22-19(25)13-24-20(26)17-6-4-3-5-15(17)12-21-24/h3-12H,2,13H2,1H3,(H,22,25). The molecule has 6 nitrogen and oxygen atoms in total. The Morgan fingerprint density at radius 1 is 1.12 bits per heavy atom. The summed E-state index contributed by atoms with van der Waals surface area (Å²) in [6, 6.07) is 15.0. The van der Waals surface area contributed by atoms with E-state index in [0.717, 1.165) is 22.8 Å². The summed E-state index contributed by atoms with van der Waals surface area (Å²) < 4.78 is 3.30. The number of aryl methyl sites for hydroxylation is 1. The van der Waals surface area contributed by atoms with Crippen LogP contribution in [0.4, 0.5) is 5.69 Å². The highest BCUT2D eigenvalue weighted by atomic mass is 16.2. The van der Waals surface area contributed by atoms with Crippen LogP contribution in [-0.4, -0.2) is 20.3 Å². The second kappa shape index (κ2) is 6.48. The Hall–Kier alpha value is -3.41. The minimum absolute atomic E-state index is 0.128. The molecule has 130 valence electrons. The number of aromatic nitrogens is 3. The molecule has 26 heavy (non-hydrogen) atoms. The van der Waals surface area contributed by atoms with Crippen LogP contribution < -0.4 is 10.9 Å². The molecule has 0 atom stereocenters. The molecule has 1 amide bonds. The molecule has 4 rings (SSSR count). The van der Waals surface area contributed by atoms with Crippen molar-refractivity contribution in [2.24, 2.45) is 0 Å². The van der Waals surface area contributed by atoms with E-state index < -0.39 is 0 Å². The molecule has 2 aromatic heterocycles. The highest BCUT2D eigenvalue weighted by molar-refractivity contribution is 5.93. The molecule has 2 aromatic carbocycles. The number of carbonyl (C=O) groups is 1. The number of rotatable bonds is 4. The molecule has 2 heterocycles. The van der Waals surface area contributed by atoms with Crippen molar-refractivity contribution >= 4 is 33.3 Å². The van der Waals surface area contributed by atoms with Gasteiger partial charge < -0.3 is 9.88 Å². The van der Waals surface area contributed by atoms with Crippen LogP contribution in [0.1, 0.15) is 6.92 Å². The highest BCUT2D eigenvalue weighted by Gasteiger charge is 2.09. The number of fused-ring (bicyclic) bond motifs is 2. The molecule has 0 spiro atoms. The second-order valence-electron chi connectivity index (χ2n) is 6.12.